The minimum absolute atomic E-state index is 0.00942. The van der Waals surface area contributed by atoms with Crippen molar-refractivity contribution < 1.29 is 18.3 Å². The number of anilines is 1. The van der Waals surface area contributed by atoms with Gasteiger partial charge in [0.1, 0.15) is 29.5 Å². The van der Waals surface area contributed by atoms with Crippen molar-refractivity contribution >= 4 is 44.1 Å². The topological polar surface area (TPSA) is 98.5 Å². The summed E-state index contributed by atoms with van der Waals surface area (Å²) in [6, 6.07) is 6.44. The number of carbonyl (C=O) groups is 1. The largest absolute Gasteiger partial charge is 0.462 e. The number of fused-ring (bicyclic) bond motifs is 2. The highest BCUT2D eigenvalue weighted by molar-refractivity contribution is 7.17. The van der Waals surface area contributed by atoms with Gasteiger partial charge in [0.2, 0.25) is 5.91 Å². The van der Waals surface area contributed by atoms with E-state index in [0.29, 0.717) is 48.4 Å². The van der Waals surface area contributed by atoms with Crippen LogP contribution in [0.2, 0.25) is 0 Å². The zero-order chi connectivity index (χ0) is 29.4. The number of pyridine rings is 1. The predicted octanol–water partition coefficient (Wildman–Crippen LogP) is 4.77. The molecule has 2 atom stereocenters. The summed E-state index contributed by atoms with van der Waals surface area (Å²) < 4.78 is 37.7. The van der Waals surface area contributed by atoms with Crippen molar-refractivity contribution in [2.75, 3.05) is 44.7 Å². The number of aromatic nitrogens is 3. The number of benzene rings is 1. The van der Waals surface area contributed by atoms with Crippen molar-refractivity contribution in [2.24, 2.45) is 0 Å². The van der Waals surface area contributed by atoms with Crippen molar-refractivity contribution in [3.8, 4) is 23.3 Å². The third kappa shape index (κ3) is 5.14. The smallest absolute Gasteiger partial charge is 0.319 e. The molecule has 0 radical (unpaired) electrons. The molecule has 2 fully saturated rings. The Morgan fingerprint density at radius 1 is 1.26 bits per heavy atom. The third-order valence-electron chi connectivity index (χ3n) is 8.06. The van der Waals surface area contributed by atoms with Crippen LogP contribution in [0.4, 0.5) is 14.6 Å². The number of rotatable bonds is 7. The molecule has 12 heteroatoms. The zero-order valence-electron chi connectivity index (χ0n) is 23.1. The molecule has 1 aromatic carbocycles. The molecular weight excluding hydrogens is 560 g/mol. The molecule has 2 saturated heterocycles. The first-order valence-corrected chi connectivity index (χ1v) is 14.7. The minimum atomic E-state index is -0.701. The number of nitriles is 1. The highest BCUT2D eigenvalue weighted by atomic mass is 32.1. The summed E-state index contributed by atoms with van der Waals surface area (Å²) in [7, 11) is 2.04. The van der Waals surface area contributed by atoms with Crippen LogP contribution < -0.4 is 9.64 Å². The lowest BCUT2D eigenvalue weighted by atomic mass is 10.1. The normalized spacial score (nSPS) is 19.4. The number of hydrogen-bond acceptors (Lipinski definition) is 9. The average molecular weight is 590 g/mol. The van der Waals surface area contributed by atoms with Gasteiger partial charge in [-0.25, -0.2) is 8.78 Å². The monoisotopic (exact) mass is 589 g/mol. The van der Waals surface area contributed by atoms with Gasteiger partial charge in [-0.3, -0.25) is 9.78 Å². The number of thiophene rings is 1. The number of likely N-dealkylation sites (tertiary alicyclic amines) is 1. The lowest BCUT2D eigenvalue weighted by molar-refractivity contribution is -0.128. The van der Waals surface area contributed by atoms with Gasteiger partial charge in [0.15, 0.2) is 5.82 Å². The lowest BCUT2D eigenvalue weighted by Gasteiger charge is -2.41. The fourth-order valence-electron chi connectivity index (χ4n) is 5.83. The fourth-order valence-corrected chi connectivity index (χ4v) is 6.73. The number of piperazine rings is 1. The van der Waals surface area contributed by atoms with Gasteiger partial charge in [0.25, 0.3) is 0 Å². The van der Waals surface area contributed by atoms with Gasteiger partial charge in [-0.2, -0.15) is 15.2 Å². The molecule has 216 valence electrons. The first-order valence-electron chi connectivity index (χ1n) is 13.8. The molecule has 0 spiro atoms. The maximum absolute atomic E-state index is 16.4. The van der Waals surface area contributed by atoms with E-state index in [9.17, 15) is 14.4 Å². The van der Waals surface area contributed by atoms with Crippen molar-refractivity contribution in [3.63, 3.8) is 0 Å². The second-order valence-corrected chi connectivity index (χ2v) is 11.5. The minimum Gasteiger partial charge on any atom is -0.462 e. The number of nitrogens with zero attached hydrogens (tertiary/aromatic N) is 7. The Labute approximate surface area is 245 Å². The van der Waals surface area contributed by atoms with Crippen LogP contribution in [0.3, 0.4) is 0 Å². The molecule has 6 rings (SSSR count). The van der Waals surface area contributed by atoms with Crippen LogP contribution in [-0.4, -0.2) is 82.6 Å². The molecule has 5 heterocycles. The molecule has 1 amide bonds. The van der Waals surface area contributed by atoms with E-state index in [4.69, 9.17) is 9.72 Å². The molecule has 4 aromatic rings. The van der Waals surface area contributed by atoms with Crippen LogP contribution in [0.5, 0.6) is 6.01 Å². The summed E-state index contributed by atoms with van der Waals surface area (Å²) in [4.78, 5) is 31.8. The highest BCUT2D eigenvalue weighted by Crippen LogP contribution is 2.37. The number of amides is 1. The molecule has 0 bridgehead atoms. The van der Waals surface area contributed by atoms with E-state index >= 15 is 4.39 Å². The van der Waals surface area contributed by atoms with Gasteiger partial charge in [0.05, 0.1) is 23.9 Å². The summed E-state index contributed by atoms with van der Waals surface area (Å²) in [6.07, 6.45) is 4.90. The van der Waals surface area contributed by atoms with Gasteiger partial charge >= 0.3 is 6.01 Å². The van der Waals surface area contributed by atoms with Crippen LogP contribution in [0.25, 0.3) is 32.2 Å². The standard InChI is InChI=1S/C30H29F2N7O2S/c1-3-24(40)39-11-10-38(16-20(39)6-8-33)29-23-15-34-26(22-14-19(31)13-18-7-12-42-28(18)22)25(32)27(23)35-30(36-29)41-17-21-5-4-9-37(21)2/h3,7,12-15,20-21H,1,4-6,9-11,16-17H2,2H3/t20-,21-/m0/s1. The van der Waals surface area contributed by atoms with E-state index in [1.54, 1.807) is 11.0 Å². The number of likely N-dealkylation sites (N-methyl/N-ethyl adjacent to an activating group) is 1. The van der Waals surface area contributed by atoms with E-state index in [2.05, 4.69) is 27.5 Å². The third-order valence-corrected chi connectivity index (χ3v) is 9.02. The second kappa shape index (κ2) is 11.6. The summed E-state index contributed by atoms with van der Waals surface area (Å²) >= 11 is 1.38. The van der Waals surface area contributed by atoms with Crippen molar-refractivity contribution in [2.45, 2.75) is 31.3 Å². The van der Waals surface area contributed by atoms with Crippen LogP contribution >= 0.6 is 11.3 Å². The molecule has 0 unspecified atom stereocenters. The lowest BCUT2D eigenvalue weighted by Crippen LogP contribution is -2.55. The number of ether oxygens (including phenoxy) is 1. The quantitative estimate of drug-likeness (QED) is 0.284. The number of hydrogen-bond donors (Lipinski definition) is 0. The molecule has 0 N–H and O–H groups in total. The molecule has 2 aliphatic rings. The van der Waals surface area contributed by atoms with E-state index in [0.717, 1.165) is 24.1 Å². The van der Waals surface area contributed by atoms with Crippen LogP contribution in [0, 0.1) is 23.0 Å². The van der Waals surface area contributed by atoms with Crippen LogP contribution in [-0.2, 0) is 4.79 Å². The van der Waals surface area contributed by atoms with E-state index < -0.39 is 17.7 Å². The number of carbonyl (C=O) groups excluding carboxylic acids is 1. The fraction of sp³-hybridized carbons (Fsp3) is 0.367. The van der Waals surface area contributed by atoms with Crippen LogP contribution in [0.1, 0.15) is 19.3 Å². The van der Waals surface area contributed by atoms with E-state index in [-0.39, 0.29) is 35.6 Å². The Morgan fingerprint density at radius 2 is 2.12 bits per heavy atom. The molecule has 0 saturated carbocycles. The average Bonchev–Trinajstić information content (AvgIpc) is 3.64. The molecule has 42 heavy (non-hydrogen) atoms. The zero-order valence-corrected chi connectivity index (χ0v) is 23.9. The van der Waals surface area contributed by atoms with Gasteiger partial charge in [0, 0.05) is 42.1 Å². The Hall–Kier alpha value is -4.21. The van der Waals surface area contributed by atoms with E-state index in [1.165, 1.54) is 35.7 Å². The van der Waals surface area contributed by atoms with Crippen LogP contribution in [0.15, 0.2) is 42.4 Å². The first kappa shape index (κ1) is 27.9. The second-order valence-electron chi connectivity index (χ2n) is 10.6. The Morgan fingerprint density at radius 3 is 2.88 bits per heavy atom. The Bertz CT molecular complexity index is 1720. The van der Waals surface area contributed by atoms with Crippen molar-refractivity contribution in [1.29, 1.82) is 5.26 Å². The summed E-state index contributed by atoms with van der Waals surface area (Å²) in [5.41, 5.74) is 0.347. The van der Waals surface area contributed by atoms with Crippen molar-refractivity contribution in [1.82, 2.24) is 24.8 Å². The van der Waals surface area contributed by atoms with Gasteiger partial charge < -0.3 is 19.4 Å². The highest BCUT2D eigenvalue weighted by Gasteiger charge is 2.32. The van der Waals surface area contributed by atoms with E-state index in [1.807, 2.05) is 17.3 Å². The predicted molar refractivity (Wildman–Crippen MR) is 157 cm³/mol. The molecule has 3 aromatic heterocycles. The van der Waals surface area contributed by atoms with Gasteiger partial charge in [-0.05, 0) is 61.5 Å². The molecule has 2 aliphatic heterocycles. The first-order chi connectivity index (χ1) is 20.4. The summed E-state index contributed by atoms with van der Waals surface area (Å²) in [5.74, 6) is -1.03. The molecule has 0 aliphatic carbocycles. The van der Waals surface area contributed by atoms with Crippen molar-refractivity contribution in [3.05, 3.63) is 54.1 Å². The summed E-state index contributed by atoms with van der Waals surface area (Å²) in [6.45, 7) is 5.92. The maximum Gasteiger partial charge on any atom is 0.319 e. The Balaban J connectivity index is 1.45. The summed E-state index contributed by atoms with van der Waals surface area (Å²) in [5, 5.41) is 12.3. The SMILES string of the molecule is C=CC(=O)N1CCN(c2nc(OC[C@@H]3CCCN3C)nc3c(F)c(-c4cc(F)cc5ccsc45)ncc23)C[C@@H]1CC#N. The van der Waals surface area contributed by atoms with Gasteiger partial charge in [-0.15, -0.1) is 11.3 Å². The molecule has 9 nitrogen and oxygen atoms in total. The van der Waals surface area contributed by atoms with Gasteiger partial charge in [-0.1, -0.05) is 6.58 Å². The Kier molecular flexibility index (Phi) is 7.70. The molecular formula is C30H29F2N7O2S. The maximum atomic E-state index is 16.4. The number of halogens is 2.